The molecule has 0 aromatic heterocycles. The van der Waals surface area contributed by atoms with Crippen molar-refractivity contribution in [1.29, 1.82) is 0 Å². The van der Waals surface area contributed by atoms with Crippen molar-refractivity contribution < 1.29 is 4.79 Å². The van der Waals surface area contributed by atoms with E-state index in [0.717, 1.165) is 23.8 Å². The number of amides is 1. The summed E-state index contributed by atoms with van der Waals surface area (Å²) in [5.41, 5.74) is 5.33. The second kappa shape index (κ2) is 3.73. The van der Waals surface area contributed by atoms with E-state index in [1.165, 1.54) is 32.2 Å². The number of primary amides is 1. The van der Waals surface area contributed by atoms with Crippen LogP contribution in [0.15, 0.2) is 0 Å². The highest BCUT2D eigenvalue weighted by Crippen LogP contribution is 2.49. The van der Waals surface area contributed by atoms with Crippen LogP contribution in [-0.2, 0) is 4.79 Å². The molecule has 0 aromatic rings. The van der Waals surface area contributed by atoms with Gasteiger partial charge in [0, 0.05) is 25.0 Å². The molecule has 0 spiro atoms. The summed E-state index contributed by atoms with van der Waals surface area (Å²) in [7, 11) is 0. The van der Waals surface area contributed by atoms with Crippen molar-refractivity contribution in [2.75, 3.05) is 6.54 Å². The molecule has 16 heavy (non-hydrogen) atoms. The minimum atomic E-state index is -0.123. The number of rotatable bonds is 4. The number of nitrogens with zero attached hydrogens (tertiary/aromatic N) is 1. The summed E-state index contributed by atoms with van der Waals surface area (Å²) in [5, 5.41) is 0. The molecule has 1 heterocycles. The highest BCUT2D eigenvalue weighted by molar-refractivity contribution is 5.74. The first-order valence-corrected chi connectivity index (χ1v) is 6.69. The zero-order valence-corrected chi connectivity index (χ0v) is 10.1. The van der Waals surface area contributed by atoms with Crippen LogP contribution in [0.5, 0.6) is 0 Å². The van der Waals surface area contributed by atoms with Gasteiger partial charge in [0.15, 0.2) is 0 Å². The molecule has 1 amide bonds. The summed E-state index contributed by atoms with van der Waals surface area (Å²) in [5.74, 6) is 2.50. The molecule has 0 radical (unpaired) electrons. The largest absolute Gasteiger partial charge is 0.370 e. The van der Waals surface area contributed by atoms with E-state index in [1.807, 2.05) is 0 Å². The van der Waals surface area contributed by atoms with E-state index in [9.17, 15) is 4.79 Å². The van der Waals surface area contributed by atoms with Gasteiger partial charge in [0.1, 0.15) is 0 Å². The molecule has 90 valence electrons. The lowest BCUT2D eigenvalue weighted by Crippen LogP contribution is -2.70. The van der Waals surface area contributed by atoms with E-state index in [-0.39, 0.29) is 5.91 Å². The number of hydrogen-bond donors (Lipinski definition) is 1. The Kier molecular flexibility index (Phi) is 2.46. The number of hydrogen-bond acceptors (Lipinski definition) is 2. The third kappa shape index (κ3) is 1.56. The molecule has 3 heteroatoms. The molecule has 3 nitrogen and oxygen atoms in total. The van der Waals surface area contributed by atoms with Gasteiger partial charge in [-0.1, -0.05) is 6.92 Å². The van der Waals surface area contributed by atoms with Gasteiger partial charge >= 0.3 is 0 Å². The maximum atomic E-state index is 11.0. The molecule has 3 atom stereocenters. The predicted molar refractivity (Wildman–Crippen MR) is 62.7 cm³/mol. The van der Waals surface area contributed by atoms with Gasteiger partial charge in [0.25, 0.3) is 0 Å². The maximum absolute atomic E-state index is 11.0. The summed E-state index contributed by atoms with van der Waals surface area (Å²) >= 11 is 0. The van der Waals surface area contributed by atoms with Gasteiger partial charge in [0.05, 0.1) is 0 Å². The molecular weight excluding hydrogens is 200 g/mol. The van der Waals surface area contributed by atoms with Crippen LogP contribution in [0.2, 0.25) is 0 Å². The Morgan fingerprint density at radius 3 is 2.62 bits per heavy atom. The van der Waals surface area contributed by atoms with Crippen molar-refractivity contribution in [1.82, 2.24) is 4.90 Å². The fourth-order valence-electron chi connectivity index (χ4n) is 4.02. The summed E-state index contributed by atoms with van der Waals surface area (Å²) in [4.78, 5) is 13.6. The van der Waals surface area contributed by atoms with Crippen LogP contribution in [0.3, 0.4) is 0 Å². The van der Waals surface area contributed by atoms with Gasteiger partial charge in [-0.05, 0) is 43.4 Å². The van der Waals surface area contributed by atoms with E-state index in [1.54, 1.807) is 0 Å². The quantitative estimate of drug-likeness (QED) is 0.781. The number of piperidine rings is 1. The van der Waals surface area contributed by atoms with Crippen LogP contribution >= 0.6 is 0 Å². The van der Waals surface area contributed by atoms with E-state index in [2.05, 4.69) is 11.8 Å². The fourth-order valence-corrected chi connectivity index (χ4v) is 4.02. The normalized spacial score (nSPS) is 46.2. The average Bonchev–Trinajstić information content (AvgIpc) is 2.11. The molecular formula is C13H22N2O. The Bertz CT molecular complexity index is 298. The minimum absolute atomic E-state index is 0.123. The van der Waals surface area contributed by atoms with Crippen LogP contribution in [0.25, 0.3) is 0 Å². The van der Waals surface area contributed by atoms with Crippen LogP contribution in [0, 0.1) is 17.8 Å². The fraction of sp³-hybridized carbons (Fsp3) is 0.923. The molecule has 3 unspecified atom stereocenters. The number of carbonyl (C=O) groups is 1. The Balaban J connectivity index is 1.54. The van der Waals surface area contributed by atoms with E-state index in [4.69, 9.17) is 5.73 Å². The monoisotopic (exact) mass is 222 g/mol. The standard InChI is InChI=1S/C13H22N2O/c1-8-4-9(5-8)7-15-11-3-2-10(11)12(15)6-13(14)16/h8-12H,2-7H2,1H3,(H2,14,16). The van der Waals surface area contributed by atoms with Crippen molar-refractivity contribution in [2.45, 2.75) is 51.1 Å². The van der Waals surface area contributed by atoms with Crippen molar-refractivity contribution in [3.63, 3.8) is 0 Å². The lowest BCUT2D eigenvalue weighted by molar-refractivity contribution is -0.147. The first-order valence-electron chi connectivity index (χ1n) is 6.69. The molecule has 0 bridgehead atoms. The van der Waals surface area contributed by atoms with Gasteiger partial charge in [-0.15, -0.1) is 0 Å². The number of fused-ring (bicyclic) bond motifs is 1. The lowest BCUT2D eigenvalue weighted by atomic mass is 9.63. The SMILES string of the molecule is CC1CC(CN2C3CCC3C2CC(N)=O)C1. The summed E-state index contributed by atoms with van der Waals surface area (Å²) in [6.45, 7) is 3.56. The smallest absolute Gasteiger partial charge is 0.219 e. The second-order valence-corrected chi connectivity index (χ2v) is 6.19. The van der Waals surface area contributed by atoms with Crippen LogP contribution in [0.4, 0.5) is 0 Å². The summed E-state index contributed by atoms with van der Waals surface area (Å²) in [6, 6.07) is 1.30. The Morgan fingerprint density at radius 2 is 2.12 bits per heavy atom. The van der Waals surface area contributed by atoms with Gasteiger partial charge in [0.2, 0.25) is 5.91 Å². The highest BCUT2D eigenvalue weighted by atomic mass is 16.1. The third-order valence-corrected chi connectivity index (χ3v) is 4.99. The molecule has 3 fully saturated rings. The van der Waals surface area contributed by atoms with E-state index >= 15 is 0 Å². The van der Waals surface area contributed by atoms with Crippen LogP contribution < -0.4 is 5.73 Å². The number of carbonyl (C=O) groups excluding carboxylic acids is 1. The molecule has 2 N–H and O–H groups in total. The molecule has 1 aliphatic heterocycles. The molecule has 3 aliphatic rings. The summed E-state index contributed by atoms with van der Waals surface area (Å²) < 4.78 is 0. The Hall–Kier alpha value is -0.570. The zero-order valence-electron chi connectivity index (χ0n) is 10.1. The number of nitrogens with two attached hydrogens (primary N) is 1. The molecule has 0 aromatic carbocycles. The van der Waals surface area contributed by atoms with Crippen molar-refractivity contribution >= 4 is 5.91 Å². The minimum Gasteiger partial charge on any atom is -0.370 e. The van der Waals surface area contributed by atoms with Gasteiger partial charge in [-0.25, -0.2) is 0 Å². The third-order valence-electron chi connectivity index (χ3n) is 4.99. The average molecular weight is 222 g/mol. The molecule has 2 aliphatic carbocycles. The van der Waals surface area contributed by atoms with Crippen LogP contribution in [-0.4, -0.2) is 29.4 Å². The zero-order chi connectivity index (χ0) is 11.3. The topological polar surface area (TPSA) is 46.3 Å². The highest BCUT2D eigenvalue weighted by Gasteiger charge is 2.54. The van der Waals surface area contributed by atoms with Crippen molar-refractivity contribution in [3.8, 4) is 0 Å². The first kappa shape index (κ1) is 10.6. The van der Waals surface area contributed by atoms with E-state index < -0.39 is 0 Å². The van der Waals surface area contributed by atoms with E-state index in [0.29, 0.717) is 12.5 Å². The number of likely N-dealkylation sites (tertiary alicyclic amines) is 1. The van der Waals surface area contributed by atoms with Crippen LogP contribution in [0.1, 0.15) is 39.0 Å². The molecule has 3 rings (SSSR count). The Morgan fingerprint density at radius 1 is 1.38 bits per heavy atom. The van der Waals surface area contributed by atoms with Gasteiger partial charge in [-0.3, -0.25) is 9.69 Å². The Labute approximate surface area is 97.4 Å². The second-order valence-electron chi connectivity index (χ2n) is 6.19. The van der Waals surface area contributed by atoms with Gasteiger partial charge < -0.3 is 5.73 Å². The molecule has 2 saturated carbocycles. The lowest BCUT2D eigenvalue weighted by Gasteiger charge is -2.63. The van der Waals surface area contributed by atoms with Crippen molar-refractivity contribution in [2.24, 2.45) is 23.5 Å². The maximum Gasteiger partial charge on any atom is 0.219 e. The van der Waals surface area contributed by atoms with Crippen molar-refractivity contribution in [3.05, 3.63) is 0 Å². The first-order chi connectivity index (χ1) is 7.65. The predicted octanol–water partition coefficient (Wildman–Crippen LogP) is 1.37. The molecule has 1 saturated heterocycles. The summed E-state index contributed by atoms with van der Waals surface area (Å²) in [6.07, 6.45) is 6.03. The van der Waals surface area contributed by atoms with Gasteiger partial charge in [-0.2, -0.15) is 0 Å².